The van der Waals surface area contributed by atoms with Gasteiger partial charge in [0.15, 0.2) is 0 Å². The van der Waals surface area contributed by atoms with Crippen LogP contribution in [0.15, 0.2) is 23.6 Å². The predicted molar refractivity (Wildman–Crippen MR) is 82.3 cm³/mol. The van der Waals surface area contributed by atoms with Gasteiger partial charge in [0.25, 0.3) is 5.91 Å². The number of rotatable bonds is 4. The SMILES string of the molecule is CC(NC(=O)c1csc(CN)n1)c1cccc(Cl)c1Cl. The van der Waals surface area contributed by atoms with Gasteiger partial charge < -0.3 is 11.1 Å². The van der Waals surface area contributed by atoms with Gasteiger partial charge in [-0.3, -0.25) is 4.79 Å². The van der Waals surface area contributed by atoms with Crippen LogP contribution in [0.1, 0.15) is 34.0 Å². The Morgan fingerprint density at radius 3 is 2.90 bits per heavy atom. The summed E-state index contributed by atoms with van der Waals surface area (Å²) in [6, 6.07) is 5.06. The Morgan fingerprint density at radius 1 is 1.50 bits per heavy atom. The van der Waals surface area contributed by atoms with Gasteiger partial charge in [-0.1, -0.05) is 35.3 Å². The fourth-order valence-corrected chi connectivity index (χ4v) is 2.84. The van der Waals surface area contributed by atoms with E-state index in [4.69, 9.17) is 28.9 Å². The average Bonchev–Trinajstić information content (AvgIpc) is 2.90. The fraction of sp³-hybridized carbons (Fsp3) is 0.231. The Kier molecular flexibility index (Phi) is 4.99. The zero-order valence-corrected chi connectivity index (χ0v) is 13.0. The number of halogens is 2. The number of nitrogens with two attached hydrogens (primary N) is 1. The van der Waals surface area contributed by atoms with Crippen LogP contribution in [-0.2, 0) is 6.54 Å². The number of benzene rings is 1. The van der Waals surface area contributed by atoms with Crippen molar-refractivity contribution in [2.75, 3.05) is 0 Å². The van der Waals surface area contributed by atoms with Crippen molar-refractivity contribution in [1.82, 2.24) is 10.3 Å². The molecule has 1 unspecified atom stereocenters. The lowest BCUT2D eigenvalue weighted by Crippen LogP contribution is -2.27. The molecular formula is C13H13Cl2N3OS. The van der Waals surface area contributed by atoms with E-state index in [-0.39, 0.29) is 11.9 Å². The van der Waals surface area contributed by atoms with Crippen molar-refractivity contribution >= 4 is 40.4 Å². The maximum Gasteiger partial charge on any atom is 0.271 e. The highest BCUT2D eigenvalue weighted by molar-refractivity contribution is 7.09. The Hall–Kier alpha value is -1.14. The summed E-state index contributed by atoms with van der Waals surface area (Å²) in [6.45, 7) is 2.17. The van der Waals surface area contributed by atoms with Crippen molar-refractivity contribution in [3.8, 4) is 0 Å². The van der Waals surface area contributed by atoms with Crippen molar-refractivity contribution in [2.24, 2.45) is 5.73 Å². The summed E-state index contributed by atoms with van der Waals surface area (Å²) in [7, 11) is 0. The van der Waals surface area contributed by atoms with Gasteiger partial charge in [0.2, 0.25) is 0 Å². The van der Waals surface area contributed by atoms with Crippen LogP contribution < -0.4 is 11.1 Å². The van der Waals surface area contributed by atoms with Gasteiger partial charge >= 0.3 is 0 Å². The molecule has 0 aliphatic heterocycles. The van der Waals surface area contributed by atoms with Crippen molar-refractivity contribution in [3.63, 3.8) is 0 Å². The Balaban J connectivity index is 2.13. The second-order valence-electron chi connectivity index (χ2n) is 4.17. The van der Waals surface area contributed by atoms with Gasteiger partial charge in [0.05, 0.1) is 16.1 Å². The Bertz CT molecular complexity index is 630. The molecule has 2 aromatic rings. The molecule has 1 aromatic heterocycles. The highest BCUT2D eigenvalue weighted by Crippen LogP contribution is 2.29. The molecule has 106 valence electrons. The normalized spacial score (nSPS) is 12.2. The summed E-state index contributed by atoms with van der Waals surface area (Å²) in [5, 5.41) is 6.16. The van der Waals surface area contributed by atoms with Crippen LogP contribution in [0.25, 0.3) is 0 Å². The standard InChI is InChI=1S/C13H13Cl2N3OS/c1-7(8-3-2-4-9(14)12(8)15)17-13(19)10-6-20-11(5-16)18-10/h2-4,6-7H,5,16H2,1H3,(H,17,19). The molecule has 20 heavy (non-hydrogen) atoms. The van der Waals surface area contributed by atoms with Gasteiger partial charge in [-0.15, -0.1) is 11.3 Å². The highest BCUT2D eigenvalue weighted by atomic mass is 35.5. The highest BCUT2D eigenvalue weighted by Gasteiger charge is 2.17. The third-order valence-corrected chi connectivity index (χ3v) is 4.46. The first kappa shape index (κ1) is 15.3. The zero-order chi connectivity index (χ0) is 14.7. The lowest BCUT2D eigenvalue weighted by atomic mass is 10.1. The predicted octanol–water partition coefficient (Wildman–Crippen LogP) is 3.40. The number of aromatic nitrogens is 1. The Morgan fingerprint density at radius 2 is 2.25 bits per heavy atom. The van der Waals surface area contributed by atoms with Crippen LogP contribution in [0.2, 0.25) is 10.0 Å². The first-order valence-corrected chi connectivity index (χ1v) is 7.55. The largest absolute Gasteiger partial charge is 0.344 e. The van der Waals surface area contributed by atoms with E-state index in [1.807, 2.05) is 13.0 Å². The van der Waals surface area contributed by atoms with Crippen LogP contribution >= 0.6 is 34.5 Å². The van der Waals surface area contributed by atoms with Crippen molar-refractivity contribution in [1.29, 1.82) is 0 Å². The minimum atomic E-state index is -0.267. The smallest absolute Gasteiger partial charge is 0.271 e. The number of thiazole rings is 1. The molecule has 0 saturated heterocycles. The van der Waals surface area contributed by atoms with Gasteiger partial charge in [-0.2, -0.15) is 0 Å². The van der Waals surface area contributed by atoms with E-state index in [0.717, 1.165) is 10.6 Å². The van der Waals surface area contributed by atoms with E-state index in [2.05, 4.69) is 10.3 Å². The lowest BCUT2D eigenvalue weighted by Gasteiger charge is -2.15. The van der Waals surface area contributed by atoms with Gasteiger partial charge in [0, 0.05) is 11.9 Å². The van der Waals surface area contributed by atoms with Crippen molar-refractivity contribution < 1.29 is 4.79 Å². The fourth-order valence-electron chi connectivity index (χ4n) is 1.71. The van der Waals surface area contributed by atoms with Crippen LogP contribution in [0, 0.1) is 0 Å². The number of carbonyl (C=O) groups excluding carboxylic acids is 1. The number of hydrogen-bond acceptors (Lipinski definition) is 4. The molecular weight excluding hydrogens is 317 g/mol. The molecule has 2 rings (SSSR count). The molecule has 1 heterocycles. The molecule has 0 saturated carbocycles. The summed E-state index contributed by atoms with van der Waals surface area (Å²) in [5.41, 5.74) is 6.60. The molecule has 0 spiro atoms. The quantitative estimate of drug-likeness (QED) is 0.903. The van der Waals surface area contributed by atoms with E-state index < -0.39 is 0 Å². The van der Waals surface area contributed by atoms with Gasteiger partial charge in [0.1, 0.15) is 10.7 Å². The van der Waals surface area contributed by atoms with Crippen molar-refractivity contribution in [2.45, 2.75) is 19.5 Å². The molecule has 0 radical (unpaired) electrons. The molecule has 0 bridgehead atoms. The van der Waals surface area contributed by atoms with E-state index in [1.54, 1.807) is 17.5 Å². The molecule has 1 amide bonds. The maximum absolute atomic E-state index is 12.1. The monoisotopic (exact) mass is 329 g/mol. The van der Waals surface area contributed by atoms with E-state index in [1.165, 1.54) is 11.3 Å². The maximum atomic E-state index is 12.1. The number of hydrogen-bond donors (Lipinski definition) is 2. The molecule has 4 nitrogen and oxygen atoms in total. The minimum Gasteiger partial charge on any atom is -0.344 e. The molecule has 3 N–H and O–H groups in total. The molecule has 0 aliphatic rings. The summed E-state index contributed by atoms with van der Waals surface area (Å²) in [5.74, 6) is -0.260. The summed E-state index contributed by atoms with van der Waals surface area (Å²) in [4.78, 5) is 16.2. The molecule has 7 heteroatoms. The zero-order valence-electron chi connectivity index (χ0n) is 10.7. The number of carbonyl (C=O) groups is 1. The second kappa shape index (κ2) is 6.54. The second-order valence-corrected chi connectivity index (χ2v) is 5.90. The molecule has 0 fully saturated rings. The third kappa shape index (κ3) is 3.30. The van der Waals surface area contributed by atoms with Gasteiger partial charge in [-0.05, 0) is 18.6 Å². The number of amides is 1. The molecule has 0 aliphatic carbocycles. The van der Waals surface area contributed by atoms with E-state index in [0.29, 0.717) is 22.3 Å². The van der Waals surface area contributed by atoms with Crippen LogP contribution in [0.5, 0.6) is 0 Å². The molecule has 1 aromatic carbocycles. The first-order chi connectivity index (χ1) is 9.52. The van der Waals surface area contributed by atoms with Crippen molar-refractivity contribution in [3.05, 3.63) is 49.9 Å². The summed E-state index contributed by atoms with van der Waals surface area (Å²) < 4.78 is 0. The average molecular weight is 330 g/mol. The van der Waals surface area contributed by atoms with Crippen LogP contribution in [0.3, 0.4) is 0 Å². The number of nitrogens with zero attached hydrogens (tertiary/aromatic N) is 1. The lowest BCUT2D eigenvalue weighted by molar-refractivity contribution is 0.0935. The van der Waals surface area contributed by atoms with Crippen LogP contribution in [0.4, 0.5) is 0 Å². The first-order valence-electron chi connectivity index (χ1n) is 5.92. The topological polar surface area (TPSA) is 68.0 Å². The van der Waals surface area contributed by atoms with E-state index in [9.17, 15) is 4.79 Å². The van der Waals surface area contributed by atoms with Gasteiger partial charge in [-0.25, -0.2) is 4.98 Å². The number of nitrogens with one attached hydrogen (secondary N) is 1. The minimum absolute atomic E-state index is 0.260. The Labute approximate surface area is 130 Å². The summed E-state index contributed by atoms with van der Waals surface area (Å²) >= 11 is 13.5. The molecule has 1 atom stereocenters. The van der Waals surface area contributed by atoms with Crippen LogP contribution in [-0.4, -0.2) is 10.9 Å². The summed E-state index contributed by atoms with van der Waals surface area (Å²) in [6.07, 6.45) is 0. The third-order valence-electron chi connectivity index (χ3n) is 2.75. The van der Waals surface area contributed by atoms with E-state index >= 15 is 0 Å².